The lowest BCUT2D eigenvalue weighted by atomic mass is 10.1. The van der Waals surface area contributed by atoms with Gasteiger partial charge in [-0.3, -0.25) is 9.58 Å². The van der Waals surface area contributed by atoms with E-state index in [2.05, 4.69) is 42.6 Å². The van der Waals surface area contributed by atoms with Gasteiger partial charge in [-0.1, -0.05) is 11.3 Å². The maximum atomic E-state index is 5.50. The van der Waals surface area contributed by atoms with Gasteiger partial charge in [-0.05, 0) is 20.8 Å². The third-order valence-electron chi connectivity index (χ3n) is 2.69. The Morgan fingerprint density at radius 2 is 2.24 bits per heavy atom. The summed E-state index contributed by atoms with van der Waals surface area (Å²) in [6.07, 6.45) is 3.83. The Morgan fingerprint density at radius 1 is 1.53 bits per heavy atom. The van der Waals surface area contributed by atoms with Crippen LogP contribution < -0.4 is 5.73 Å². The van der Waals surface area contributed by atoms with Crippen molar-refractivity contribution in [3.63, 3.8) is 0 Å². The second kappa shape index (κ2) is 5.93. The zero-order chi connectivity index (χ0) is 12.9. The molecule has 0 amide bonds. The Bertz CT molecular complexity index is 350. The van der Waals surface area contributed by atoms with Crippen LogP contribution in [0.1, 0.15) is 26.5 Å². The second-order valence-electron chi connectivity index (χ2n) is 5.08. The molecule has 1 aromatic rings. The summed E-state index contributed by atoms with van der Waals surface area (Å²) in [5.74, 6) is 0. The van der Waals surface area contributed by atoms with Crippen LogP contribution in [-0.2, 0) is 13.1 Å². The van der Waals surface area contributed by atoms with E-state index in [-0.39, 0.29) is 5.54 Å². The number of nitrogens with two attached hydrogens (primary N) is 1. The first-order valence-corrected chi connectivity index (χ1v) is 5.92. The molecule has 96 valence electrons. The molecule has 1 aromatic heterocycles. The fourth-order valence-corrected chi connectivity index (χ4v) is 1.62. The molecule has 0 spiro atoms. The number of hydrogen-bond acceptors (Lipinski definition) is 4. The molecule has 0 bridgehead atoms. The Kier molecular flexibility index (Phi) is 4.84. The van der Waals surface area contributed by atoms with Crippen LogP contribution in [0.5, 0.6) is 0 Å². The van der Waals surface area contributed by atoms with Crippen LogP contribution in [0.2, 0.25) is 0 Å². The van der Waals surface area contributed by atoms with Crippen molar-refractivity contribution in [3.8, 4) is 0 Å². The Morgan fingerprint density at radius 3 is 2.71 bits per heavy atom. The van der Waals surface area contributed by atoms with Crippen LogP contribution in [0.25, 0.3) is 0 Å². The molecule has 0 saturated heterocycles. The van der Waals surface area contributed by atoms with Gasteiger partial charge in [0.25, 0.3) is 0 Å². The van der Waals surface area contributed by atoms with Gasteiger partial charge in [0.1, 0.15) is 0 Å². The maximum Gasteiger partial charge on any atom is 0.0962 e. The van der Waals surface area contributed by atoms with Crippen LogP contribution in [0.15, 0.2) is 18.9 Å². The second-order valence-corrected chi connectivity index (χ2v) is 5.08. The average molecular weight is 237 g/mol. The molecular formula is C12H23N5. The van der Waals surface area contributed by atoms with E-state index >= 15 is 0 Å². The number of nitrogens with zero attached hydrogens (tertiary/aromatic N) is 4. The van der Waals surface area contributed by atoms with E-state index in [4.69, 9.17) is 5.73 Å². The summed E-state index contributed by atoms with van der Waals surface area (Å²) in [4.78, 5) is 2.35. The van der Waals surface area contributed by atoms with Gasteiger partial charge in [0.2, 0.25) is 0 Å². The van der Waals surface area contributed by atoms with Gasteiger partial charge in [-0.25, -0.2) is 0 Å². The highest BCUT2D eigenvalue weighted by molar-refractivity contribution is 4.90. The molecule has 0 aliphatic carbocycles. The highest BCUT2D eigenvalue weighted by Gasteiger charge is 2.19. The molecule has 1 heterocycles. The van der Waals surface area contributed by atoms with Gasteiger partial charge < -0.3 is 5.73 Å². The zero-order valence-corrected chi connectivity index (χ0v) is 11.1. The van der Waals surface area contributed by atoms with Crippen molar-refractivity contribution in [2.75, 3.05) is 13.1 Å². The highest BCUT2D eigenvalue weighted by atomic mass is 15.4. The Balaban J connectivity index is 2.54. The molecule has 5 heteroatoms. The van der Waals surface area contributed by atoms with E-state index in [1.165, 1.54) is 0 Å². The SMILES string of the molecule is C=CCN(CCn1cc(CN)nn1)C(C)(C)C. The molecule has 5 nitrogen and oxygen atoms in total. The molecule has 0 radical (unpaired) electrons. The van der Waals surface area contributed by atoms with Gasteiger partial charge >= 0.3 is 0 Å². The fourth-order valence-electron chi connectivity index (χ4n) is 1.62. The molecular weight excluding hydrogens is 214 g/mol. The molecule has 2 N–H and O–H groups in total. The molecule has 0 saturated carbocycles. The summed E-state index contributed by atoms with van der Waals surface area (Å²) >= 11 is 0. The monoisotopic (exact) mass is 237 g/mol. The number of aromatic nitrogens is 3. The van der Waals surface area contributed by atoms with Crippen LogP contribution >= 0.6 is 0 Å². The molecule has 0 atom stereocenters. The van der Waals surface area contributed by atoms with Gasteiger partial charge in [0.15, 0.2) is 0 Å². The van der Waals surface area contributed by atoms with Crippen LogP contribution in [0, 0.1) is 0 Å². The van der Waals surface area contributed by atoms with Crippen LogP contribution in [0.3, 0.4) is 0 Å². The summed E-state index contributed by atoms with van der Waals surface area (Å²) in [5.41, 5.74) is 6.46. The minimum absolute atomic E-state index is 0.130. The minimum Gasteiger partial charge on any atom is -0.325 e. The first-order chi connectivity index (χ1) is 7.97. The van der Waals surface area contributed by atoms with Crippen molar-refractivity contribution in [2.45, 2.75) is 39.4 Å². The third-order valence-corrected chi connectivity index (χ3v) is 2.69. The van der Waals surface area contributed by atoms with Crippen LogP contribution in [-0.4, -0.2) is 38.5 Å². The van der Waals surface area contributed by atoms with Gasteiger partial charge in [-0.15, -0.1) is 11.7 Å². The zero-order valence-electron chi connectivity index (χ0n) is 11.1. The van der Waals surface area contributed by atoms with Crippen molar-refractivity contribution in [2.24, 2.45) is 5.73 Å². The van der Waals surface area contributed by atoms with E-state index in [9.17, 15) is 0 Å². The average Bonchev–Trinajstić information content (AvgIpc) is 2.70. The molecule has 17 heavy (non-hydrogen) atoms. The normalized spacial score (nSPS) is 12.1. The van der Waals surface area contributed by atoms with E-state index in [0.717, 1.165) is 25.3 Å². The Labute approximate surface area is 103 Å². The number of hydrogen-bond donors (Lipinski definition) is 1. The smallest absolute Gasteiger partial charge is 0.0962 e. The minimum atomic E-state index is 0.130. The largest absolute Gasteiger partial charge is 0.325 e. The molecule has 0 aliphatic rings. The predicted octanol–water partition coefficient (Wildman–Crippen LogP) is 1.02. The van der Waals surface area contributed by atoms with Gasteiger partial charge in [0, 0.05) is 31.4 Å². The summed E-state index contributed by atoms with van der Waals surface area (Å²) in [7, 11) is 0. The highest BCUT2D eigenvalue weighted by Crippen LogP contribution is 2.12. The summed E-state index contributed by atoms with van der Waals surface area (Å²) < 4.78 is 1.84. The van der Waals surface area contributed by atoms with Crippen molar-refractivity contribution < 1.29 is 0 Å². The lowest BCUT2D eigenvalue weighted by Gasteiger charge is -2.34. The number of rotatable bonds is 6. The lowest BCUT2D eigenvalue weighted by molar-refractivity contribution is 0.146. The maximum absolute atomic E-state index is 5.50. The first-order valence-electron chi connectivity index (χ1n) is 5.92. The Hall–Kier alpha value is -1.20. The summed E-state index contributed by atoms with van der Waals surface area (Å²) in [6.45, 7) is 13.4. The lowest BCUT2D eigenvalue weighted by Crippen LogP contribution is -2.43. The van der Waals surface area contributed by atoms with E-state index < -0.39 is 0 Å². The quantitative estimate of drug-likeness (QED) is 0.751. The van der Waals surface area contributed by atoms with Crippen LogP contribution in [0.4, 0.5) is 0 Å². The molecule has 0 aromatic carbocycles. The fraction of sp³-hybridized carbons (Fsp3) is 0.667. The molecule has 0 unspecified atom stereocenters. The van der Waals surface area contributed by atoms with Crippen molar-refractivity contribution >= 4 is 0 Å². The van der Waals surface area contributed by atoms with Crippen molar-refractivity contribution in [1.82, 2.24) is 19.9 Å². The van der Waals surface area contributed by atoms with E-state index in [1.54, 1.807) is 0 Å². The van der Waals surface area contributed by atoms with E-state index in [0.29, 0.717) is 6.54 Å². The predicted molar refractivity (Wildman–Crippen MR) is 69.4 cm³/mol. The first kappa shape index (κ1) is 13.9. The van der Waals surface area contributed by atoms with E-state index in [1.807, 2.05) is 17.0 Å². The molecule has 1 rings (SSSR count). The van der Waals surface area contributed by atoms with Crippen molar-refractivity contribution in [1.29, 1.82) is 0 Å². The topological polar surface area (TPSA) is 60.0 Å². The molecule has 0 aliphatic heterocycles. The van der Waals surface area contributed by atoms with Gasteiger partial charge in [0.05, 0.1) is 12.2 Å². The summed E-state index contributed by atoms with van der Waals surface area (Å²) in [5, 5.41) is 8.01. The van der Waals surface area contributed by atoms with Crippen molar-refractivity contribution in [3.05, 3.63) is 24.5 Å². The standard InChI is InChI=1S/C12H23N5/c1-5-6-16(12(2,3)4)7-8-17-10-11(9-13)14-15-17/h5,10H,1,6-9,13H2,2-4H3. The molecule has 0 fully saturated rings. The third kappa shape index (κ3) is 4.28. The van der Waals surface area contributed by atoms with Gasteiger partial charge in [-0.2, -0.15) is 0 Å². The summed E-state index contributed by atoms with van der Waals surface area (Å²) in [6, 6.07) is 0.